The monoisotopic (exact) mass is 466 g/mol. The van der Waals surface area contributed by atoms with E-state index in [0.717, 1.165) is 0 Å². The second-order valence-corrected chi connectivity index (χ2v) is 13.8. The van der Waals surface area contributed by atoms with Crippen molar-refractivity contribution in [2.45, 2.75) is 27.7 Å². The van der Waals surface area contributed by atoms with Crippen LogP contribution in [0.2, 0.25) is 0 Å². The van der Waals surface area contributed by atoms with Crippen LogP contribution in [0.3, 0.4) is 0 Å². The van der Waals surface area contributed by atoms with Crippen LogP contribution in [0.25, 0.3) is 0 Å². The Morgan fingerprint density at radius 3 is 1.38 bits per heavy atom. The van der Waals surface area contributed by atoms with Crippen molar-refractivity contribution in [3.8, 4) is 0 Å². The molecule has 0 spiro atoms. The molecule has 1 atom stereocenters. The van der Waals surface area contributed by atoms with Crippen LogP contribution >= 0.6 is 0 Å². The molecule has 0 aliphatic heterocycles. The molecule has 0 amide bonds. The molecular formula is C31H38N2Si. The maximum absolute atomic E-state index is 2.57. The third-order valence-electron chi connectivity index (χ3n) is 7.83. The average Bonchev–Trinajstić information content (AvgIpc) is 3.04. The Morgan fingerprint density at radius 1 is 0.588 bits per heavy atom. The Labute approximate surface area is 207 Å². The lowest BCUT2D eigenvalue weighted by Gasteiger charge is -2.39. The molecule has 3 aromatic rings. The maximum atomic E-state index is 2.45. The van der Waals surface area contributed by atoms with Gasteiger partial charge in [-0.05, 0) is 66.0 Å². The molecule has 176 valence electrons. The number of benzene rings is 3. The predicted molar refractivity (Wildman–Crippen MR) is 153 cm³/mol. The minimum Gasteiger partial charge on any atom is -0.378 e. The van der Waals surface area contributed by atoms with Crippen LogP contribution in [0.15, 0.2) is 101 Å². The summed E-state index contributed by atoms with van der Waals surface area (Å²) < 4.78 is 0. The van der Waals surface area contributed by atoms with E-state index in [-0.39, 0.29) is 0 Å². The maximum Gasteiger partial charge on any atom is 0.176 e. The molecule has 3 aromatic carbocycles. The molecule has 4 rings (SSSR count). The van der Waals surface area contributed by atoms with E-state index in [1.54, 1.807) is 5.20 Å². The Bertz CT molecular complexity index is 1170. The van der Waals surface area contributed by atoms with Crippen molar-refractivity contribution in [1.82, 2.24) is 0 Å². The minimum atomic E-state index is -2.57. The van der Waals surface area contributed by atoms with Gasteiger partial charge in [0.2, 0.25) is 0 Å². The zero-order valence-electron chi connectivity index (χ0n) is 22.0. The molecular weight excluding hydrogens is 428 g/mol. The smallest absolute Gasteiger partial charge is 0.176 e. The van der Waals surface area contributed by atoms with Crippen LogP contribution in [-0.4, -0.2) is 36.3 Å². The zero-order valence-corrected chi connectivity index (χ0v) is 23.0. The van der Waals surface area contributed by atoms with Gasteiger partial charge in [0.1, 0.15) is 0 Å². The van der Waals surface area contributed by atoms with Crippen LogP contribution < -0.4 is 25.4 Å². The molecule has 0 radical (unpaired) electrons. The summed E-state index contributed by atoms with van der Waals surface area (Å²) >= 11 is 0. The van der Waals surface area contributed by atoms with Crippen molar-refractivity contribution < 1.29 is 0 Å². The van der Waals surface area contributed by atoms with Crippen LogP contribution in [0.1, 0.15) is 27.7 Å². The summed E-state index contributed by atoms with van der Waals surface area (Å²) in [6, 6.07) is 29.8. The third-order valence-corrected chi connectivity index (χ3v) is 13.0. The van der Waals surface area contributed by atoms with Crippen molar-refractivity contribution in [3.05, 3.63) is 101 Å². The number of hydrogen-bond acceptors (Lipinski definition) is 2. The largest absolute Gasteiger partial charge is 0.378 e. The first-order valence-electron chi connectivity index (χ1n) is 12.2. The topological polar surface area (TPSA) is 6.48 Å². The van der Waals surface area contributed by atoms with E-state index in [9.17, 15) is 0 Å². The molecule has 0 heterocycles. The van der Waals surface area contributed by atoms with Crippen LogP contribution in [0.5, 0.6) is 0 Å². The normalized spacial score (nSPS) is 16.3. The molecule has 1 aliphatic rings. The minimum absolute atomic E-state index is 0.415. The van der Waals surface area contributed by atoms with E-state index in [1.807, 2.05) is 0 Å². The van der Waals surface area contributed by atoms with Gasteiger partial charge in [0, 0.05) is 39.6 Å². The number of nitrogens with zero attached hydrogens (tertiary/aromatic N) is 2. The molecule has 0 fully saturated rings. The lowest BCUT2D eigenvalue weighted by Crippen LogP contribution is -2.69. The van der Waals surface area contributed by atoms with E-state index in [0.29, 0.717) is 5.92 Å². The van der Waals surface area contributed by atoms with Crippen LogP contribution in [-0.2, 0) is 0 Å². The average molecular weight is 467 g/mol. The second kappa shape index (κ2) is 9.30. The molecule has 0 saturated heterocycles. The van der Waals surface area contributed by atoms with E-state index >= 15 is 0 Å². The summed E-state index contributed by atoms with van der Waals surface area (Å²) in [5.74, 6) is 0.415. The zero-order chi connectivity index (χ0) is 24.6. The molecule has 3 heteroatoms. The third kappa shape index (κ3) is 3.82. The van der Waals surface area contributed by atoms with Crippen LogP contribution in [0, 0.1) is 5.92 Å². The van der Waals surface area contributed by atoms with Crippen molar-refractivity contribution in [2.24, 2.45) is 5.92 Å². The van der Waals surface area contributed by atoms with Crippen molar-refractivity contribution in [2.75, 3.05) is 38.0 Å². The number of anilines is 2. The fraction of sp³-hybridized carbons (Fsp3) is 0.290. The highest BCUT2D eigenvalue weighted by Crippen LogP contribution is 2.41. The Morgan fingerprint density at radius 2 is 1.03 bits per heavy atom. The number of hydrogen-bond donors (Lipinski definition) is 0. The summed E-state index contributed by atoms with van der Waals surface area (Å²) in [7, 11) is 6.01. The highest BCUT2D eigenvalue weighted by atomic mass is 28.3. The summed E-state index contributed by atoms with van der Waals surface area (Å²) in [6.07, 6.45) is 0. The van der Waals surface area contributed by atoms with Gasteiger partial charge in [0.15, 0.2) is 8.07 Å². The highest BCUT2D eigenvalue weighted by Gasteiger charge is 2.48. The van der Waals surface area contributed by atoms with E-state index < -0.39 is 8.07 Å². The molecule has 1 aliphatic carbocycles. The molecule has 0 bridgehead atoms. The first-order valence-corrected chi connectivity index (χ1v) is 14.2. The van der Waals surface area contributed by atoms with Gasteiger partial charge in [-0.2, -0.15) is 0 Å². The van der Waals surface area contributed by atoms with Gasteiger partial charge in [-0.1, -0.05) is 83.9 Å². The van der Waals surface area contributed by atoms with Gasteiger partial charge in [-0.15, -0.1) is 0 Å². The summed E-state index contributed by atoms with van der Waals surface area (Å²) in [4.78, 5) is 4.47. The van der Waals surface area contributed by atoms with Crippen molar-refractivity contribution >= 4 is 35.0 Å². The van der Waals surface area contributed by atoms with Gasteiger partial charge in [-0.25, -0.2) is 0 Å². The van der Waals surface area contributed by atoms with Crippen LogP contribution in [0.4, 0.5) is 11.4 Å². The fourth-order valence-electron chi connectivity index (χ4n) is 5.64. The lowest BCUT2D eigenvalue weighted by molar-refractivity contribution is 0.851. The van der Waals surface area contributed by atoms with Gasteiger partial charge >= 0.3 is 0 Å². The molecule has 1 unspecified atom stereocenters. The Hall–Kier alpha value is -3.04. The Balaban J connectivity index is 2.21. The van der Waals surface area contributed by atoms with Gasteiger partial charge in [0.25, 0.3) is 0 Å². The summed E-state index contributed by atoms with van der Waals surface area (Å²) in [5, 5.41) is 5.97. The first kappa shape index (κ1) is 24.1. The van der Waals surface area contributed by atoms with Crippen molar-refractivity contribution in [1.29, 1.82) is 0 Å². The highest BCUT2D eigenvalue weighted by molar-refractivity contribution is 7.16. The lowest BCUT2D eigenvalue weighted by atomic mass is 10.1. The quantitative estimate of drug-likeness (QED) is 0.367. The first-order chi connectivity index (χ1) is 16.2. The number of rotatable bonds is 6. The van der Waals surface area contributed by atoms with Gasteiger partial charge in [-0.3, -0.25) is 0 Å². The molecule has 0 saturated carbocycles. The molecule has 0 N–H and O–H groups in total. The summed E-state index contributed by atoms with van der Waals surface area (Å²) in [6.45, 7) is 9.41. The van der Waals surface area contributed by atoms with E-state index in [4.69, 9.17) is 0 Å². The second-order valence-electron chi connectivity index (χ2n) is 10.1. The van der Waals surface area contributed by atoms with Crippen molar-refractivity contribution in [3.63, 3.8) is 0 Å². The molecule has 34 heavy (non-hydrogen) atoms. The predicted octanol–water partition coefficient (Wildman–Crippen LogP) is 5.13. The summed E-state index contributed by atoms with van der Waals surface area (Å²) in [5.41, 5.74) is 6.94. The fourth-order valence-corrected chi connectivity index (χ4v) is 11.3. The molecule has 0 aromatic heterocycles. The van der Waals surface area contributed by atoms with E-state index in [1.165, 1.54) is 43.7 Å². The van der Waals surface area contributed by atoms with E-state index in [2.05, 4.69) is 145 Å². The van der Waals surface area contributed by atoms with Gasteiger partial charge in [0.05, 0.1) is 0 Å². The standard InChI is InChI=1S/C31H38N2Si/c1-22-23(2)25(4)31(24(22)3)34(28-15-11-9-12-16-28,29-17-13-10-14-18-29)30-20-26(32(5)6)19-27(21-30)33(7)8/h9-21,24H,1-8H3. The number of allylic oxidation sites excluding steroid dienone is 4. The van der Waals surface area contributed by atoms with Gasteiger partial charge < -0.3 is 9.80 Å². The SMILES string of the molecule is CC1=C(C)C(C)C([Si](c2ccccc2)(c2ccccc2)c2cc(N(C)C)cc(N(C)C)c2)=C1C. The Kier molecular flexibility index (Phi) is 6.59. The molecule has 2 nitrogen and oxygen atoms in total.